The fraction of sp³-hybridized carbons (Fsp3) is 0.533. The summed E-state index contributed by atoms with van der Waals surface area (Å²) in [4.78, 5) is 11.9. The fourth-order valence-electron chi connectivity index (χ4n) is 2.69. The molecule has 19 heavy (non-hydrogen) atoms. The average molecular weight is 265 g/mol. The first-order valence-electron chi connectivity index (χ1n) is 6.87. The number of benzene rings is 1. The van der Waals surface area contributed by atoms with Crippen LogP contribution in [0.15, 0.2) is 24.3 Å². The van der Waals surface area contributed by atoms with E-state index in [1.165, 1.54) is 12.1 Å². The Morgan fingerprint density at radius 1 is 1.26 bits per heavy atom. The minimum Gasteiger partial charge on any atom is -0.396 e. The number of aliphatic hydroxyl groups excluding tert-OH is 1. The van der Waals surface area contributed by atoms with E-state index in [2.05, 4.69) is 5.32 Å². The number of halogens is 1. The summed E-state index contributed by atoms with van der Waals surface area (Å²) in [6, 6.07) is 6.17. The predicted octanol–water partition coefficient (Wildman–Crippen LogP) is 2.50. The van der Waals surface area contributed by atoms with Gasteiger partial charge >= 0.3 is 0 Å². The van der Waals surface area contributed by atoms with E-state index in [-0.39, 0.29) is 24.1 Å². The van der Waals surface area contributed by atoms with E-state index in [9.17, 15) is 9.18 Å². The average Bonchev–Trinajstić information content (AvgIpc) is 2.42. The number of aliphatic hydroxyl groups is 1. The minimum atomic E-state index is -0.478. The minimum absolute atomic E-state index is 0.111. The second-order valence-electron chi connectivity index (χ2n) is 5.18. The summed E-state index contributed by atoms with van der Waals surface area (Å²) in [5.41, 5.74) is 0.111. The molecule has 104 valence electrons. The highest BCUT2D eigenvalue weighted by molar-refractivity contribution is 5.94. The number of amides is 1. The molecule has 4 heteroatoms. The van der Waals surface area contributed by atoms with Gasteiger partial charge in [0.15, 0.2) is 0 Å². The quantitative estimate of drug-likeness (QED) is 0.878. The van der Waals surface area contributed by atoms with Crippen molar-refractivity contribution >= 4 is 5.91 Å². The fourth-order valence-corrected chi connectivity index (χ4v) is 2.69. The molecule has 0 saturated heterocycles. The topological polar surface area (TPSA) is 49.3 Å². The van der Waals surface area contributed by atoms with Crippen molar-refractivity contribution in [2.75, 3.05) is 6.61 Å². The van der Waals surface area contributed by atoms with Gasteiger partial charge in [-0.05, 0) is 50.2 Å². The summed E-state index contributed by atoms with van der Waals surface area (Å²) < 4.78 is 13.5. The Morgan fingerprint density at radius 3 is 2.58 bits per heavy atom. The maximum Gasteiger partial charge on any atom is 0.254 e. The summed E-state index contributed by atoms with van der Waals surface area (Å²) in [7, 11) is 0. The molecule has 2 rings (SSSR count). The molecule has 1 saturated carbocycles. The lowest BCUT2D eigenvalue weighted by molar-refractivity contribution is 0.0914. The monoisotopic (exact) mass is 265 g/mol. The van der Waals surface area contributed by atoms with Gasteiger partial charge in [-0.1, -0.05) is 12.1 Å². The van der Waals surface area contributed by atoms with Crippen molar-refractivity contribution in [3.8, 4) is 0 Å². The van der Waals surface area contributed by atoms with Crippen molar-refractivity contribution < 1.29 is 14.3 Å². The SMILES string of the molecule is O=C(NC1CCC(CCO)CC1)c1ccccc1F. The van der Waals surface area contributed by atoms with Gasteiger partial charge in [0.1, 0.15) is 5.82 Å². The number of carbonyl (C=O) groups is 1. The van der Waals surface area contributed by atoms with Crippen LogP contribution in [-0.4, -0.2) is 23.7 Å². The van der Waals surface area contributed by atoms with Gasteiger partial charge in [-0.25, -0.2) is 4.39 Å². The predicted molar refractivity (Wildman–Crippen MR) is 71.3 cm³/mol. The molecule has 1 aromatic rings. The third kappa shape index (κ3) is 3.77. The van der Waals surface area contributed by atoms with Crippen LogP contribution in [0.4, 0.5) is 4.39 Å². The Kier molecular flexibility index (Phi) is 4.91. The first kappa shape index (κ1) is 14.0. The normalized spacial score (nSPS) is 23.1. The zero-order valence-corrected chi connectivity index (χ0v) is 10.9. The van der Waals surface area contributed by atoms with Crippen molar-refractivity contribution in [1.29, 1.82) is 0 Å². The number of rotatable bonds is 4. The van der Waals surface area contributed by atoms with E-state index >= 15 is 0 Å². The summed E-state index contributed by atoms with van der Waals surface area (Å²) >= 11 is 0. The van der Waals surface area contributed by atoms with Crippen LogP contribution in [0.5, 0.6) is 0 Å². The van der Waals surface area contributed by atoms with Crippen molar-refractivity contribution in [1.82, 2.24) is 5.32 Å². The van der Waals surface area contributed by atoms with Gasteiger partial charge in [-0.2, -0.15) is 0 Å². The van der Waals surface area contributed by atoms with Gasteiger partial charge in [0.05, 0.1) is 5.56 Å². The van der Waals surface area contributed by atoms with Gasteiger partial charge < -0.3 is 10.4 Å². The Hall–Kier alpha value is -1.42. The molecule has 0 heterocycles. The first-order chi connectivity index (χ1) is 9.20. The van der Waals surface area contributed by atoms with Gasteiger partial charge in [0, 0.05) is 12.6 Å². The van der Waals surface area contributed by atoms with E-state index in [1.807, 2.05) is 0 Å². The molecule has 0 unspecified atom stereocenters. The van der Waals surface area contributed by atoms with Crippen LogP contribution in [0.2, 0.25) is 0 Å². The molecule has 1 aliphatic carbocycles. The molecule has 1 aliphatic rings. The molecular weight excluding hydrogens is 245 g/mol. The summed E-state index contributed by atoms with van der Waals surface area (Å²) in [5, 5.41) is 11.8. The van der Waals surface area contributed by atoms with Crippen molar-refractivity contribution in [2.45, 2.75) is 38.1 Å². The van der Waals surface area contributed by atoms with Crippen molar-refractivity contribution in [3.05, 3.63) is 35.6 Å². The maximum atomic E-state index is 13.5. The van der Waals surface area contributed by atoms with E-state index < -0.39 is 5.82 Å². The molecule has 0 aliphatic heterocycles. The third-order valence-electron chi connectivity index (χ3n) is 3.84. The number of hydrogen-bond donors (Lipinski definition) is 2. The lowest BCUT2D eigenvalue weighted by atomic mass is 9.84. The smallest absolute Gasteiger partial charge is 0.254 e. The van der Waals surface area contributed by atoms with E-state index in [1.54, 1.807) is 12.1 Å². The molecule has 1 aromatic carbocycles. The number of nitrogens with one attached hydrogen (secondary N) is 1. The van der Waals surface area contributed by atoms with Crippen LogP contribution in [-0.2, 0) is 0 Å². The molecule has 0 atom stereocenters. The molecule has 0 radical (unpaired) electrons. The lowest BCUT2D eigenvalue weighted by Crippen LogP contribution is -2.38. The zero-order chi connectivity index (χ0) is 13.7. The summed E-state index contributed by atoms with van der Waals surface area (Å²) in [5.74, 6) is -0.246. The second kappa shape index (κ2) is 6.66. The van der Waals surface area contributed by atoms with Crippen LogP contribution < -0.4 is 5.32 Å². The van der Waals surface area contributed by atoms with Crippen LogP contribution in [0.25, 0.3) is 0 Å². The molecule has 1 fully saturated rings. The van der Waals surface area contributed by atoms with Crippen LogP contribution >= 0.6 is 0 Å². The highest BCUT2D eigenvalue weighted by Gasteiger charge is 2.23. The number of carbonyl (C=O) groups excluding carboxylic acids is 1. The third-order valence-corrected chi connectivity index (χ3v) is 3.84. The van der Waals surface area contributed by atoms with E-state index in [0.29, 0.717) is 5.92 Å². The van der Waals surface area contributed by atoms with Gasteiger partial charge in [-0.15, -0.1) is 0 Å². The van der Waals surface area contributed by atoms with Crippen molar-refractivity contribution in [2.24, 2.45) is 5.92 Å². The largest absolute Gasteiger partial charge is 0.396 e. The Labute approximate surface area is 112 Å². The Bertz CT molecular complexity index is 428. The molecule has 0 aromatic heterocycles. The Morgan fingerprint density at radius 2 is 1.95 bits per heavy atom. The van der Waals surface area contributed by atoms with Gasteiger partial charge in [0.2, 0.25) is 0 Å². The van der Waals surface area contributed by atoms with Gasteiger partial charge in [0.25, 0.3) is 5.91 Å². The Balaban J connectivity index is 1.86. The molecule has 1 amide bonds. The van der Waals surface area contributed by atoms with Gasteiger partial charge in [-0.3, -0.25) is 4.79 Å². The first-order valence-corrected chi connectivity index (χ1v) is 6.87. The zero-order valence-electron chi connectivity index (χ0n) is 10.9. The van der Waals surface area contributed by atoms with E-state index in [0.717, 1.165) is 32.1 Å². The molecular formula is C15H20FNO2. The van der Waals surface area contributed by atoms with Crippen molar-refractivity contribution in [3.63, 3.8) is 0 Å². The summed E-state index contributed by atoms with van der Waals surface area (Å²) in [6.07, 6.45) is 4.69. The highest BCUT2D eigenvalue weighted by atomic mass is 19.1. The maximum absolute atomic E-state index is 13.5. The standard InChI is InChI=1S/C15H20FNO2/c16-14-4-2-1-3-13(14)15(19)17-12-7-5-11(6-8-12)9-10-18/h1-4,11-12,18H,5-10H2,(H,17,19). The number of hydrogen-bond acceptors (Lipinski definition) is 2. The second-order valence-corrected chi connectivity index (χ2v) is 5.18. The van der Waals surface area contributed by atoms with E-state index in [4.69, 9.17) is 5.11 Å². The lowest BCUT2D eigenvalue weighted by Gasteiger charge is -2.28. The molecule has 0 bridgehead atoms. The molecule has 3 nitrogen and oxygen atoms in total. The van der Waals surface area contributed by atoms with Crippen LogP contribution in [0, 0.1) is 11.7 Å². The molecule has 2 N–H and O–H groups in total. The van der Waals surface area contributed by atoms with Crippen LogP contribution in [0.1, 0.15) is 42.5 Å². The van der Waals surface area contributed by atoms with Crippen LogP contribution in [0.3, 0.4) is 0 Å². The molecule has 0 spiro atoms. The summed E-state index contributed by atoms with van der Waals surface area (Å²) in [6.45, 7) is 0.233. The highest BCUT2D eigenvalue weighted by Crippen LogP contribution is 2.26.